The zero-order valence-electron chi connectivity index (χ0n) is 11.9. The Kier molecular flexibility index (Phi) is 5.75. The maximum absolute atomic E-state index is 12.1. The van der Waals surface area contributed by atoms with Crippen molar-refractivity contribution in [3.8, 4) is 5.75 Å². The lowest BCUT2D eigenvalue weighted by Crippen LogP contribution is -2.34. The topological polar surface area (TPSA) is 50.4 Å². The normalized spacial score (nSPS) is 9.91. The van der Waals surface area contributed by atoms with Gasteiger partial charge in [0.15, 0.2) is 5.11 Å². The molecule has 2 N–H and O–H groups in total. The molecule has 2 aromatic carbocycles. The van der Waals surface area contributed by atoms with Crippen LogP contribution in [0.15, 0.2) is 48.5 Å². The smallest absolute Gasteiger partial charge is 0.257 e. The predicted molar refractivity (Wildman–Crippen MR) is 92.7 cm³/mol. The Morgan fingerprint density at radius 3 is 2.64 bits per heavy atom. The van der Waals surface area contributed by atoms with E-state index in [1.165, 1.54) is 0 Å². The number of benzene rings is 2. The molecule has 6 heteroatoms. The third kappa shape index (κ3) is 4.72. The first-order valence-electron chi connectivity index (χ1n) is 6.69. The SMILES string of the molecule is CCOc1cccc(C(=O)NC(=S)Nc2ccc(Cl)cc2)c1. The van der Waals surface area contributed by atoms with E-state index in [2.05, 4.69) is 10.6 Å². The van der Waals surface area contributed by atoms with E-state index in [0.717, 1.165) is 5.69 Å². The first-order chi connectivity index (χ1) is 10.6. The number of halogens is 1. The molecule has 4 nitrogen and oxygen atoms in total. The molecule has 0 aliphatic heterocycles. The van der Waals surface area contributed by atoms with Gasteiger partial charge < -0.3 is 10.1 Å². The van der Waals surface area contributed by atoms with Gasteiger partial charge in [0.25, 0.3) is 5.91 Å². The Morgan fingerprint density at radius 2 is 1.95 bits per heavy atom. The van der Waals surface area contributed by atoms with Crippen LogP contribution in [-0.2, 0) is 0 Å². The van der Waals surface area contributed by atoms with Gasteiger partial charge in [-0.3, -0.25) is 10.1 Å². The molecule has 0 unspecified atom stereocenters. The number of hydrogen-bond acceptors (Lipinski definition) is 3. The standard InChI is InChI=1S/C16H15ClN2O2S/c1-2-21-14-5-3-4-11(10-14)15(20)19-16(22)18-13-8-6-12(17)7-9-13/h3-10H,2H2,1H3,(H2,18,19,20,22). The minimum atomic E-state index is -0.298. The second-order valence-electron chi connectivity index (χ2n) is 4.38. The predicted octanol–water partition coefficient (Wildman–Crippen LogP) is 3.87. The van der Waals surface area contributed by atoms with Crippen LogP contribution in [0.3, 0.4) is 0 Å². The van der Waals surface area contributed by atoms with Crippen molar-refractivity contribution in [2.75, 3.05) is 11.9 Å². The second kappa shape index (κ2) is 7.77. The number of rotatable bonds is 4. The molecule has 0 aromatic heterocycles. The number of hydrogen-bond donors (Lipinski definition) is 2. The fourth-order valence-corrected chi connectivity index (χ4v) is 2.10. The summed E-state index contributed by atoms with van der Waals surface area (Å²) in [7, 11) is 0. The van der Waals surface area contributed by atoms with E-state index in [0.29, 0.717) is 22.9 Å². The molecule has 2 aromatic rings. The minimum Gasteiger partial charge on any atom is -0.494 e. The highest BCUT2D eigenvalue weighted by molar-refractivity contribution is 7.80. The summed E-state index contributed by atoms with van der Waals surface area (Å²) in [5, 5.41) is 6.39. The summed E-state index contributed by atoms with van der Waals surface area (Å²) in [6.07, 6.45) is 0. The Labute approximate surface area is 139 Å². The second-order valence-corrected chi connectivity index (χ2v) is 5.22. The summed E-state index contributed by atoms with van der Waals surface area (Å²) in [4.78, 5) is 12.1. The van der Waals surface area contributed by atoms with Gasteiger partial charge in [0.2, 0.25) is 0 Å². The monoisotopic (exact) mass is 334 g/mol. The van der Waals surface area contributed by atoms with Crippen molar-refractivity contribution >= 4 is 40.5 Å². The number of thiocarbonyl (C=S) groups is 1. The van der Waals surface area contributed by atoms with Crippen molar-refractivity contribution in [1.82, 2.24) is 5.32 Å². The lowest BCUT2D eigenvalue weighted by atomic mass is 10.2. The fraction of sp³-hybridized carbons (Fsp3) is 0.125. The molecular weight excluding hydrogens is 320 g/mol. The first kappa shape index (κ1) is 16.3. The zero-order chi connectivity index (χ0) is 15.9. The fourth-order valence-electron chi connectivity index (χ4n) is 1.76. The summed E-state index contributed by atoms with van der Waals surface area (Å²) in [6.45, 7) is 2.43. The van der Waals surface area contributed by atoms with E-state index >= 15 is 0 Å². The van der Waals surface area contributed by atoms with Crippen LogP contribution in [-0.4, -0.2) is 17.6 Å². The summed E-state index contributed by atoms with van der Waals surface area (Å²) < 4.78 is 5.37. The molecule has 0 atom stereocenters. The summed E-state index contributed by atoms with van der Waals surface area (Å²) in [5.41, 5.74) is 1.23. The Balaban J connectivity index is 1.97. The third-order valence-electron chi connectivity index (χ3n) is 2.74. The van der Waals surface area contributed by atoms with E-state index in [9.17, 15) is 4.79 Å². The molecule has 0 saturated carbocycles. The van der Waals surface area contributed by atoms with E-state index in [-0.39, 0.29) is 11.0 Å². The molecule has 0 heterocycles. The van der Waals surface area contributed by atoms with Gasteiger partial charge in [-0.15, -0.1) is 0 Å². The quantitative estimate of drug-likeness (QED) is 0.833. The van der Waals surface area contributed by atoms with Gasteiger partial charge in [0.1, 0.15) is 5.75 Å². The highest BCUT2D eigenvalue weighted by atomic mass is 35.5. The van der Waals surface area contributed by atoms with Crippen LogP contribution in [0.5, 0.6) is 5.75 Å². The molecular formula is C16H15ClN2O2S. The van der Waals surface area contributed by atoms with Gasteiger partial charge in [0.05, 0.1) is 6.61 Å². The van der Waals surface area contributed by atoms with Gasteiger partial charge in [-0.25, -0.2) is 0 Å². The van der Waals surface area contributed by atoms with Crippen LogP contribution in [0.2, 0.25) is 5.02 Å². The number of carbonyl (C=O) groups excluding carboxylic acids is 1. The van der Waals surface area contributed by atoms with Crippen LogP contribution >= 0.6 is 23.8 Å². The molecule has 0 bridgehead atoms. The Bertz CT molecular complexity index is 674. The van der Waals surface area contributed by atoms with Gasteiger partial charge in [-0.05, 0) is 61.6 Å². The van der Waals surface area contributed by atoms with Gasteiger partial charge in [-0.1, -0.05) is 17.7 Å². The van der Waals surface area contributed by atoms with Crippen LogP contribution in [0, 0.1) is 0 Å². The lowest BCUT2D eigenvalue weighted by Gasteiger charge is -2.10. The molecule has 0 aliphatic rings. The summed E-state index contributed by atoms with van der Waals surface area (Å²) >= 11 is 10.9. The highest BCUT2D eigenvalue weighted by Crippen LogP contribution is 2.14. The van der Waals surface area contributed by atoms with Crippen molar-refractivity contribution in [3.63, 3.8) is 0 Å². The van der Waals surface area contributed by atoms with Crippen LogP contribution < -0.4 is 15.4 Å². The maximum atomic E-state index is 12.1. The van der Waals surface area contributed by atoms with E-state index in [1.54, 1.807) is 48.5 Å². The number of carbonyl (C=O) groups is 1. The molecule has 0 spiro atoms. The number of amides is 1. The molecule has 22 heavy (non-hydrogen) atoms. The van der Waals surface area contributed by atoms with E-state index < -0.39 is 0 Å². The van der Waals surface area contributed by atoms with Crippen LogP contribution in [0.1, 0.15) is 17.3 Å². The number of ether oxygens (including phenoxy) is 1. The van der Waals surface area contributed by atoms with Gasteiger partial charge in [-0.2, -0.15) is 0 Å². The van der Waals surface area contributed by atoms with Gasteiger partial charge in [0, 0.05) is 16.3 Å². The first-order valence-corrected chi connectivity index (χ1v) is 7.48. The van der Waals surface area contributed by atoms with Crippen molar-refractivity contribution in [1.29, 1.82) is 0 Å². The average molecular weight is 335 g/mol. The van der Waals surface area contributed by atoms with Crippen molar-refractivity contribution < 1.29 is 9.53 Å². The summed E-state index contributed by atoms with van der Waals surface area (Å²) in [5.74, 6) is 0.347. The van der Waals surface area contributed by atoms with Crippen LogP contribution in [0.25, 0.3) is 0 Å². The largest absolute Gasteiger partial charge is 0.494 e. The Hall–Kier alpha value is -2.11. The molecule has 1 amide bonds. The highest BCUT2D eigenvalue weighted by Gasteiger charge is 2.09. The molecule has 0 aliphatic carbocycles. The lowest BCUT2D eigenvalue weighted by molar-refractivity contribution is 0.0977. The summed E-state index contributed by atoms with van der Waals surface area (Å²) in [6, 6.07) is 13.9. The number of anilines is 1. The van der Waals surface area contributed by atoms with Crippen molar-refractivity contribution in [3.05, 3.63) is 59.1 Å². The zero-order valence-corrected chi connectivity index (χ0v) is 13.5. The van der Waals surface area contributed by atoms with Gasteiger partial charge >= 0.3 is 0 Å². The van der Waals surface area contributed by atoms with Crippen LogP contribution in [0.4, 0.5) is 5.69 Å². The van der Waals surface area contributed by atoms with Crippen molar-refractivity contribution in [2.24, 2.45) is 0 Å². The molecule has 0 fully saturated rings. The van der Waals surface area contributed by atoms with E-state index in [1.807, 2.05) is 6.92 Å². The van der Waals surface area contributed by atoms with E-state index in [4.69, 9.17) is 28.6 Å². The maximum Gasteiger partial charge on any atom is 0.257 e. The third-order valence-corrected chi connectivity index (χ3v) is 3.19. The average Bonchev–Trinajstić information content (AvgIpc) is 2.50. The molecule has 2 rings (SSSR count). The minimum absolute atomic E-state index is 0.217. The molecule has 0 radical (unpaired) electrons. The van der Waals surface area contributed by atoms with Crippen molar-refractivity contribution in [2.45, 2.75) is 6.92 Å². The Morgan fingerprint density at radius 1 is 1.23 bits per heavy atom. The molecule has 0 saturated heterocycles. The molecule has 114 valence electrons. The number of nitrogens with one attached hydrogen (secondary N) is 2.